The van der Waals surface area contributed by atoms with Crippen molar-refractivity contribution in [2.24, 2.45) is 0 Å². The number of likely N-dealkylation sites (N-methyl/N-ethyl adjacent to an activating group) is 1. The van der Waals surface area contributed by atoms with Crippen LogP contribution in [-0.4, -0.2) is 45.1 Å². The second-order valence-electron chi connectivity index (χ2n) is 7.66. The van der Waals surface area contributed by atoms with Crippen molar-refractivity contribution in [2.75, 3.05) is 13.1 Å². The number of carbonyl (C=O) groups excluding carboxylic acids is 2. The van der Waals surface area contributed by atoms with E-state index in [4.69, 9.17) is 11.6 Å². The Morgan fingerprint density at radius 2 is 1.90 bits per heavy atom. The Labute approximate surface area is 175 Å². The molecule has 29 heavy (non-hydrogen) atoms. The zero-order chi connectivity index (χ0) is 21.8. The fourth-order valence-corrected chi connectivity index (χ4v) is 3.03. The first-order valence-electron chi connectivity index (χ1n) is 9.31. The Bertz CT molecular complexity index is 914. The number of hydrogen-bond acceptors (Lipinski definition) is 3. The summed E-state index contributed by atoms with van der Waals surface area (Å²) in [6.07, 6.45) is 2.95. The van der Waals surface area contributed by atoms with E-state index in [2.05, 4.69) is 10.4 Å². The molecule has 0 aliphatic heterocycles. The third-order valence-corrected chi connectivity index (χ3v) is 4.42. The summed E-state index contributed by atoms with van der Waals surface area (Å²) in [5.74, 6) is -0.879. The van der Waals surface area contributed by atoms with Crippen molar-refractivity contribution in [3.05, 3.63) is 52.6 Å². The number of halogens is 2. The highest BCUT2D eigenvalue weighted by molar-refractivity contribution is 6.31. The maximum Gasteiger partial charge on any atom is 0.247 e. The predicted molar refractivity (Wildman–Crippen MR) is 112 cm³/mol. The van der Waals surface area contributed by atoms with Crippen LogP contribution in [0.3, 0.4) is 0 Å². The minimum absolute atomic E-state index is 0.0293. The fourth-order valence-electron chi connectivity index (χ4n) is 2.69. The van der Waals surface area contributed by atoms with Gasteiger partial charge in [-0.2, -0.15) is 5.10 Å². The van der Waals surface area contributed by atoms with Gasteiger partial charge in [-0.1, -0.05) is 11.6 Å². The molecule has 1 aromatic heterocycles. The number of aryl methyl sites for hydroxylation is 1. The highest BCUT2D eigenvalue weighted by Gasteiger charge is 2.19. The zero-order valence-electron chi connectivity index (χ0n) is 17.3. The Morgan fingerprint density at radius 3 is 2.45 bits per heavy atom. The molecule has 1 aromatic carbocycles. The van der Waals surface area contributed by atoms with Crippen LogP contribution in [0.15, 0.2) is 30.3 Å². The average molecular weight is 421 g/mol. The van der Waals surface area contributed by atoms with Crippen LogP contribution in [0.1, 0.15) is 39.0 Å². The van der Waals surface area contributed by atoms with E-state index in [1.165, 1.54) is 27.8 Å². The molecule has 2 amide bonds. The molecule has 156 valence electrons. The van der Waals surface area contributed by atoms with E-state index >= 15 is 0 Å². The molecule has 2 rings (SSSR count). The number of hydrogen-bond donors (Lipinski definition) is 1. The van der Waals surface area contributed by atoms with E-state index in [0.717, 1.165) is 0 Å². The van der Waals surface area contributed by atoms with Crippen molar-refractivity contribution in [1.29, 1.82) is 0 Å². The largest absolute Gasteiger partial charge is 0.350 e. The Hall–Kier alpha value is -2.67. The van der Waals surface area contributed by atoms with Gasteiger partial charge in [-0.05, 0) is 65.0 Å². The monoisotopic (exact) mass is 420 g/mol. The highest BCUT2D eigenvalue weighted by Crippen LogP contribution is 2.25. The summed E-state index contributed by atoms with van der Waals surface area (Å²) < 4.78 is 14.6. The first kappa shape index (κ1) is 22.6. The first-order valence-corrected chi connectivity index (χ1v) is 9.68. The molecule has 6 nitrogen and oxygen atoms in total. The molecule has 0 radical (unpaired) electrons. The number of benzene rings is 1. The second-order valence-corrected chi connectivity index (χ2v) is 8.02. The molecule has 0 atom stereocenters. The predicted octanol–water partition coefficient (Wildman–Crippen LogP) is 3.75. The molecule has 1 heterocycles. The van der Waals surface area contributed by atoms with Crippen molar-refractivity contribution in [2.45, 2.75) is 40.2 Å². The summed E-state index contributed by atoms with van der Waals surface area (Å²) in [6, 6.07) is 5.78. The van der Waals surface area contributed by atoms with Gasteiger partial charge in [0.15, 0.2) is 0 Å². The van der Waals surface area contributed by atoms with Gasteiger partial charge in [-0.25, -0.2) is 9.07 Å². The minimum atomic E-state index is -0.366. The van der Waals surface area contributed by atoms with Gasteiger partial charge in [0.1, 0.15) is 11.0 Å². The normalized spacial score (nSPS) is 11.7. The molecule has 0 aliphatic carbocycles. The van der Waals surface area contributed by atoms with Crippen LogP contribution < -0.4 is 5.32 Å². The maximum absolute atomic E-state index is 13.1. The van der Waals surface area contributed by atoms with Gasteiger partial charge in [0.25, 0.3) is 0 Å². The molecule has 0 saturated carbocycles. The van der Waals surface area contributed by atoms with Crippen LogP contribution in [0.5, 0.6) is 0 Å². The lowest BCUT2D eigenvalue weighted by Crippen LogP contribution is -2.47. The van der Waals surface area contributed by atoms with Crippen molar-refractivity contribution in [3.63, 3.8) is 0 Å². The van der Waals surface area contributed by atoms with Gasteiger partial charge in [0, 0.05) is 23.7 Å². The van der Waals surface area contributed by atoms with Gasteiger partial charge >= 0.3 is 0 Å². The summed E-state index contributed by atoms with van der Waals surface area (Å²) in [6.45, 7) is 9.58. The molecule has 0 unspecified atom stereocenters. The Kier molecular flexibility index (Phi) is 7.19. The standard InChI is InChI=1S/C21H26ClFN4O2/c1-6-26(13-18(28)24-21(3,4)5)19(29)12-11-17-14(2)25-27(20(17)22)16-9-7-15(23)8-10-16/h7-12H,6,13H2,1-5H3,(H,24,28). The summed E-state index contributed by atoms with van der Waals surface area (Å²) in [7, 11) is 0. The summed E-state index contributed by atoms with van der Waals surface area (Å²) in [4.78, 5) is 26.1. The maximum atomic E-state index is 13.1. The van der Waals surface area contributed by atoms with Gasteiger partial charge in [0.05, 0.1) is 17.9 Å². The molecule has 8 heteroatoms. The lowest BCUT2D eigenvalue weighted by atomic mass is 10.1. The van der Waals surface area contributed by atoms with Crippen LogP contribution in [0.2, 0.25) is 5.15 Å². The average Bonchev–Trinajstić information content (AvgIpc) is 2.91. The molecule has 0 bridgehead atoms. The van der Waals surface area contributed by atoms with Crippen LogP contribution in [0, 0.1) is 12.7 Å². The van der Waals surface area contributed by atoms with E-state index in [1.54, 1.807) is 32.1 Å². The van der Waals surface area contributed by atoms with Crippen LogP contribution in [0.4, 0.5) is 4.39 Å². The van der Waals surface area contributed by atoms with Crippen LogP contribution >= 0.6 is 11.6 Å². The quantitative estimate of drug-likeness (QED) is 0.724. The van der Waals surface area contributed by atoms with Crippen LogP contribution in [-0.2, 0) is 9.59 Å². The van der Waals surface area contributed by atoms with E-state index in [0.29, 0.717) is 28.6 Å². The first-order chi connectivity index (χ1) is 13.5. The van der Waals surface area contributed by atoms with Gasteiger partial charge in [0.2, 0.25) is 11.8 Å². The van der Waals surface area contributed by atoms with Crippen molar-refractivity contribution in [3.8, 4) is 5.69 Å². The number of carbonyl (C=O) groups is 2. The van der Waals surface area contributed by atoms with Gasteiger partial charge in [-0.15, -0.1) is 0 Å². The molecule has 0 saturated heterocycles. The van der Waals surface area contributed by atoms with E-state index in [-0.39, 0.29) is 29.7 Å². The topological polar surface area (TPSA) is 67.2 Å². The highest BCUT2D eigenvalue weighted by atomic mass is 35.5. The van der Waals surface area contributed by atoms with Crippen molar-refractivity contribution < 1.29 is 14.0 Å². The van der Waals surface area contributed by atoms with Crippen molar-refractivity contribution >= 4 is 29.5 Å². The van der Waals surface area contributed by atoms with E-state index in [9.17, 15) is 14.0 Å². The number of rotatable bonds is 6. The molecule has 1 N–H and O–H groups in total. The Balaban J connectivity index is 2.16. The lowest BCUT2D eigenvalue weighted by molar-refractivity contribution is -0.132. The van der Waals surface area contributed by atoms with Gasteiger partial charge < -0.3 is 10.2 Å². The number of aromatic nitrogens is 2. The fraction of sp³-hybridized carbons (Fsp3) is 0.381. The van der Waals surface area contributed by atoms with Crippen LogP contribution in [0.25, 0.3) is 11.8 Å². The molecular weight excluding hydrogens is 395 g/mol. The zero-order valence-corrected chi connectivity index (χ0v) is 18.0. The van der Waals surface area contributed by atoms with Gasteiger partial charge in [-0.3, -0.25) is 9.59 Å². The third-order valence-electron chi connectivity index (χ3n) is 4.05. The smallest absolute Gasteiger partial charge is 0.247 e. The number of amides is 2. The number of nitrogens with zero attached hydrogens (tertiary/aromatic N) is 3. The lowest BCUT2D eigenvalue weighted by Gasteiger charge is -2.24. The minimum Gasteiger partial charge on any atom is -0.350 e. The Morgan fingerprint density at radius 1 is 1.28 bits per heavy atom. The molecule has 2 aromatic rings. The van der Waals surface area contributed by atoms with Crippen molar-refractivity contribution in [1.82, 2.24) is 20.0 Å². The summed E-state index contributed by atoms with van der Waals surface area (Å²) >= 11 is 6.42. The molecule has 0 spiro atoms. The molecule has 0 aliphatic rings. The summed E-state index contributed by atoms with van der Waals surface area (Å²) in [5.41, 5.74) is 1.45. The number of nitrogens with one attached hydrogen (secondary N) is 1. The SMILES string of the molecule is CCN(CC(=O)NC(C)(C)C)C(=O)C=Cc1c(C)nn(-c2ccc(F)cc2)c1Cl. The molecular formula is C21H26ClFN4O2. The molecule has 0 fully saturated rings. The van der Waals surface area contributed by atoms with E-state index in [1.807, 2.05) is 20.8 Å². The second kappa shape index (κ2) is 9.22. The summed E-state index contributed by atoms with van der Waals surface area (Å²) in [5, 5.41) is 7.51. The van der Waals surface area contributed by atoms with E-state index < -0.39 is 0 Å². The third kappa shape index (κ3) is 6.15.